The van der Waals surface area contributed by atoms with Gasteiger partial charge in [0.2, 0.25) is 5.91 Å². The minimum Gasteiger partial charge on any atom is -0.453 e. The predicted molar refractivity (Wildman–Crippen MR) is 230 cm³/mol. The number of aromatic amines is 2. The molecule has 62 heavy (non-hydrogen) atoms. The molecule has 320 valence electrons. The second-order valence-corrected chi connectivity index (χ2v) is 15.5. The summed E-state index contributed by atoms with van der Waals surface area (Å²) >= 11 is 0. The van der Waals surface area contributed by atoms with Gasteiger partial charge in [0.25, 0.3) is 5.91 Å². The van der Waals surface area contributed by atoms with Crippen LogP contribution in [0.3, 0.4) is 0 Å². The fourth-order valence-corrected chi connectivity index (χ4v) is 8.38. The van der Waals surface area contributed by atoms with Gasteiger partial charge in [-0.1, -0.05) is 66.7 Å². The number of pyridine rings is 1. The molecule has 3 aromatic heterocycles. The van der Waals surface area contributed by atoms with Gasteiger partial charge in [0.05, 0.1) is 61.9 Å². The largest absolute Gasteiger partial charge is 0.453 e. The van der Waals surface area contributed by atoms with Crippen LogP contribution in [0, 0.1) is 0 Å². The van der Waals surface area contributed by atoms with E-state index in [-0.39, 0.29) is 23.9 Å². The molecule has 0 saturated carbocycles. The van der Waals surface area contributed by atoms with E-state index in [1.165, 1.54) is 21.3 Å². The lowest BCUT2D eigenvalue weighted by molar-refractivity contribution is -0.137. The van der Waals surface area contributed by atoms with E-state index in [9.17, 15) is 19.2 Å². The summed E-state index contributed by atoms with van der Waals surface area (Å²) in [6.07, 6.45) is 6.58. The van der Waals surface area contributed by atoms with Gasteiger partial charge in [0, 0.05) is 42.9 Å². The van der Waals surface area contributed by atoms with Crippen molar-refractivity contribution in [2.45, 2.75) is 62.9 Å². The summed E-state index contributed by atoms with van der Waals surface area (Å²) in [6.45, 7) is 2.81. The Labute approximate surface area is 358 Å². The first kappa shape index (κ1) is 41.7. The summed E-state index contributed by atoms with van der Waals surface area (Å²) in [4.78, 5) is 76.5. The Bertz CT molecular complexity index is 2560. The summed E-state index contributed by atoms with van der Waals surface area (Å²) < 4.78 is 15.0. The van der Waals surface area contributed by atoms with Crippen molar-refractivity contribution in [1.29, 1.82) is 0 Å². The molecule has 4 amide bonds. The normalized spacial score (nSPS) is 17.7. The number of amides is 4. The molecule has 2 aliphatic rings. The summed E-state index contributed by atoms with van der Waals surface area (Å²) in [5, 5.41) is 7.32. The Morgan fingerprint density at radius 1 is 0.661 bits per heavy atom. The van der Waals surface area contributed by atoms with Crippen molar-refractivity contribution < 1.29 is 33.4 Å². The Morgan fingerprint density at radius 3 is 1.87 bits per heavy atom. The zero-order valence-electron chi connectivity index (χ0n) is 35.0. The Hall–Kier alpha value is -7.07. The molecule has 8 rings (SSSR count). The van der Waals surface area contributed by atoms with Gasteiger partial charge in [-0.3, -0.25) is 14.6 Å². The lowest BCUT2D eigenvalue weighted by Gasteiger charge is -2.30. The maximum Gasteiger partial charge on any atom is 0.407 e. The van der Waals surface area contributed by atoms with Gasteiger partial charge in [-0.15, -0.1) is 0 Å². The molecule has 5 heterocycles. The van der Waals surface area contributed by atoms with Gasteiger partial charge in [-0.2, -0.15) is 0 Å². The van der Waals surface area contributed by atoms with Crippen LogP contribution >= 0.6 is 0 Å². The minimum absolute atomic E-state index is 0.222. The number of rotatable bonds is 12. The van der Waals surface area contributed by atoms with E-state index in [0.717, 1.165) is 70.2 Å². The van der Waals surface area contributed by atoms with Crippen molar-refractivity contribution >= 4 is 34.8 Å². The smallest absolute Gasteiger partial charge is 0.407 e. The highest BCUT2D eigenvalue weighted by molar-refractivity contribution is 5.90. The van der Waals surface area contributed by atoms with Gasteiger partial charge in [-0.05, 0) is 61.3 Å². The summed E-state index contributed by atoms with van der Waals surface area (Å²) in [5.41, 5.74) is 5.97. The molecular weight excluding hydrogens is 791 g/mol. The molecule has 0 bridgehead atoms. The highest BCUT2D eigenvalue weighted by atomic mass is 16.5. The highest BCUT2D eigenvalue weighted by Gasteiger charge is 2.39. The van der Waals surface area contributed by atoms with E-state index in [1.54, 1.807) is 29.1 Å². The highest BCUT2D eigenvalue weighted by Crippen LogP contribution is 2.36. The number of fused-ring (bicyclic) bond motifs is 1. The molecule has 5 atom stereocenters. The van der Waals surface area contributed by atoms with Gasteiger partial charge in [0.1, 0.15) is 23.7 Å². The molecule has 0 aliphatic carbocycles. The van der Waals surface area contributed by atoms with Crippen LogP contribution in [0.15, 0.2) is 97.5 Å². The van der Waals surface area contributed by atoms with E-state index >= 15 is 0 Å². The zero-order valence-corrected chi connectivity index (χ0v) is 35.0. The molecule has 2 fully saturated rings. The Kier molecular flexibility index (Phi) is 12.3. The van der Waals surface area contributed by atoms with Crippen LogP contribution in [0.4, 0.5) is 9.59 Å². The second kappa shape index (κ2) is 18.3. The molecule has 16 heteroatoms. The van der Waals surface area contributed by atoms with Crippen LogP contribution < -0.4 is 10.6 Å². The second-order valence-electron chi connectivity index (χ2n) is 15.5. The van der Waals surface area contributed by atoms with Gasteiger partial charge in [-0.25, -0.2) is 19.6 Å². The first-order valence-electron chi connectivity index (χ1n) is 20.6. The Balaban J connectivity index is 0.943. The third kappa shape index (κ3) is 8.59. The standard InChI is InChI=1S/C46H49N9O7/c1-27(60-2)39(52-45(58)61-3)43(56)54-20-8-12-37(54)41-48-25-35(50-41)29-16-14-28(15-17-29)34-23-31-18-19-32(22-33(31)24-47-34)36-26-49-42(51-36)38-13-9-21-55(38)44(57)40(53-46(59)62-4)30-10-6-5-7-11-30/h5-7,10-11,14-19,22-27,37-40H,8-9,12-13,20-21H2,1-4H3,(H,48,50)(H,49,51)(H,52,58)(H,53,59)/t27-,37+,38+,39+,40-/m1/s1. The quantitative estimate of drug-likeness (QED) is 0.101. The SMILES string of the molecule is COC(=O)N[C@H](C(=O)N1CCC[C@H]1c1ncc(-c2ccc(-c3cc4ccc(-c5cnc([C@@H]6CCCN6C(=O)[C@H](NC(=O)OC)c6ccccc6)[nH]5)cc4cn3)cc2)[nH]1)[C@@H](C)OC. The van der Waals surface area contributed by atoms with Gasteiger partial charge in [0.15, 0.2) is 0 Å². The molecule has 2 aliphatic heterocycles. The zero-order chi connectivity index (χ0) is 43.3. The van der Waals surface area contributed by atoms with Crippen LogP contribution in [0.2, 0.25) is 0 Å². The maximum absolute atomic E-state index is 13.9. The molecule has 4 N–H and O–H groups in total. The van der Waals surface area contributed by atoms with E-state index in [2.05, 4.69) is 43.8 Å². The molecular formula is C46H49N9O7. The van der Waals surface area contributed by atoms with Gasteiger partial charge < -0.3 is 44.6 Å². The van der Waals surface area contributed by atoms with E-state index in [1.807, 2.05) is 66.9 Å². The van der Waals surface area contributed by atoms with E-state index in [0.29, 0.717) is 30.3 Å². The van der Waals surface area contributed by atoms with Gasteiger partial charge >= 0.3 is 12.2 Å². The maximum atomic E-state index is 13.9. The lowest BCUT2D eigenvalue weighted by atomic mass is 10.0. The number of alkyl carbamates (subject to hydrolysis) is 2. The number of ether oxygens (including phenoxy) is 3. The van der Waals surface area contributed by atoms with Crippen LogP contribution in [-0.4, -0.2) is 105 Å². The Morgan fingerprint density at radius 2 is 1.24 bits per heavy atom. The number of carbonyl (C=O) groups excluding carboxylic acids is 4. The monoisotopic (exact) mass is 839 g/mol. The van der Waals surface area contributed by atoms with Crippen LogP contribution in [0.5, 0.6) is 0 Å². The molecule has 6 aromatic rings. The number of carbonyl (C=O) groups is 4. The van der Waals surface area contributed by atoms with Crippen molar-refractivity contribution in [3.8, 4) is 33.8 Å². The minimum atomic E-state index is -0.904. The number of nitrogens with one attached hydrogen (secondary N) is 4. The third-order valence-corrected chi connectivity index (χ3v) is 11.8. The van der Waals surface area contributed by atoms with Crippen molar-refractivity contribution in [1.82, 2.24) is 45.4 Å². The van der Waals surface area contributed by atoms with Crippen molar-refractivity contribution in [2.24, 2.45) is 0 Å². The van der Waals surface area contributed by atoms with Crippen LogP contribution in [0.1, 0.15) is 67.9 Å². The summed E-state index contributed by atoms with van der Waals surface area (Å²) in [5.74, 6) is 0.887. The molecule has 16 nitrogen and oxygen atoms in total. The number of hydrogen-bond acceptors (Lipinski definition) is 10. The third-order valence-electron chi connectivity index (χ3n) is 11.8. The average Bonchev–Trinajstić information content (AvgIpc) is 4.17. The molecule has 0 radical (unpaired) electrons. The first-order chi connectivity index (χ1) is 30.1. The number of methoxy groups -OCH3 is 3. The van der Waals surface area contributed by atoms with Crippen molar-refractivity contribution in [3.05, 3.63) is 115 Å². The molecule has 3 aromatic carbocycles. The summed E-state index contributed by atoms with van der Waals surface area (Å²) in [7, 11) is 4.03. The van der Waals surface area contributed by atoms with E-state index < -0.39 is 30.4 Å². The predicted octanol–water partition coefficient (Wildman–Crippen LogP) is 6.87. The average molecular weight is 840 g/mol. The first-order valence-corrected chi connectivity index (χ1v) is 20.6. The number of hydrogen-bond donors (Lipinski definition) is 4. The fourth-order valence-electron chi connectivity index (χ4n) is 8.38. The number of likely N-dealkylation sites (tertiary alicyclic amines) is 2. The summed E-state index contributed by atoms with van der Waals surface area (Å²) in [6, 6.07) is 23.1. The van der Waals surface area contributed by atoms with Crippen LogP contribution in [-0.2, 0) is 23.8 Å². The van der Waals surface area contributed by atoms with Crippen molar-refractivity contribution in [2.75, 3.05) is 34.4 Å². The molecule has 0 unspecified atom stereocenters. The van der Waals surface area contributed by atoms with Crippen LogP contribution in [0.25, 0.3) is 44.5 Å². The number of benzene rings is 3. The topological polar surface area (TPSA) is 197 Å². The van der Waals surface area contributed by atoms with E-state index in [4.69, 9.17) is 24.2 Å². The lowest BCUT2D eigenvalue weighted by Crippen LogP contribution is -2.54. The number of nitrogens with zero attached hydrogens (tertiary/aromatic N) is 5. The fraction of sp³-hybridized carbons (Fsp3) is 0.326. The number of aromatic nitrogens is 5. The molecule has 0 spiro atoms. The number of imidazole rings is 2. The van der Waals surface area contributed by atoms with Crippen molar-refractivity contribution in [3.63, 3.8) is 0 Å². The number of H-pyrrole nitrogens is 2. The molecule has 2 saturated heterocycles.